The van der Waals surface area contributed by atoms with Crippen LogP contribution in [0, 0.1) is 46.3 Å². The first-order chi connectivity index (χ1) is 16.0. The molecule has 4 aliphatic rings. The summed E-state index contributed by atoms with van der Waals surface area (Å²) in [6.07, 6.45) is 11.3. The van der Waals surface area contributed by atoms with E-state index in [1.165, 1.54) is 45.6 Å². The van der Waals surface area contributed by atoms with Crippen LogP contribution in [-0.4, -0.2) is 42.0 Å². The molecule has 10 atom stereocenters. The highest BCUT2D eigenvalue weighted by molar-refractivity contribution is 5.79. The van der Waals surface area contributed by atoms with Crippen molar-refractivity contribution < 1.29 is 24.2 Å². The molecule has 4 rings (SSSR count). The minimum absolute atomic E-state index is 0.205. The maximum Gasteiger partial charge on any atom is 0.533 e. The van der Waals surface area contributed by atoms with E-state index in [0.29, 0.717) is 35.4 Å². The molecule has 6 nitrogen and oxygen atoms in total. The van der Waals surface area contributed by atoms with Gasteiger partial charge < -0.3 is 9.84 Å². The number of rotatable bonds is 7. The molecule has 0 heterocycles. The second-order valence-electron chi connectivity index (χ2n) is 12.6. The van der Waals surface area contributed by atoms with Gasteiger partial charge in [0.1, 0.15) is 11.8 Å². The van der Waals surface area contributed by atoms with Crippen molar-refractivity contribution in [2.24, 2.45) is 46.3 Å². The van der Waals surface area contributed by atoms with Gasteiger partial charge in [-0.1, -0.05) is 13.8 Å². The third kappa shape index (κ3) is 4.33. The molecular formula is C28H46NO5+. The second-order valence-corrected chi connectivity index (χ2v) is 12.6. The highest BCUT2D eigenvalue weighted by Gasteiger charge is 2.60. The van der Waals surface area contributed by atoms with Gasteiger partial charge in [-0.15, -0.1) is 0 Å². The third-order valence-electron chi connectivity index (χ3n) is 11.2. The minimum Gasteiger partial charge on any atom is -0.564 e. The number of esters is 1. The molecule has 0 saturated heterocycles. The van der Waals surface area contributed by atoms with Crippen LogP contribution in [0.1, 0.15) is 91.9 Å². The first-order valence-electron chi connectivity index (χ1n) is 13.6. The first-order valence-corrected chi connectivity index (χ1v) is 13.6. The third-order valence-corrected chi connectivity index (χ3v) is 11.2. The highest BCUT2D eigenvalue weighted by atomic mass is 16.5. The minimum atomic E-state index is -0.638. The number of fused-ring (bicyclic) bond motifs is 5. The predicted molar refractivity (Wildman–Crippen MR) is 131 cm³/mol. The Morgan fingerprint density at radius 2 is 1.68 bits per heavy atom. The summed E-state index contributed by atoms with van der Waals surface area (Å²) in [6, 6.07) is -1.20. The Morgan fingerprint density at radius 1 is 1.00 bits per heavy atom. The van der Waals surface area contributed by atoms with Crippen LogP contribution in [0.4, 0.5) is 0 Å². The van der Waals surface area contributed by atoms with Gasteiger partial charge in [-0.2, -0.15) is 0 Å². The van der Waals surface area contributed by atoms with Gasteiger partial charge in [0.25, 0.3) is 0 Å². The molecule has 0 aliphatic heterocycles. The first kappa shape index (κ1) is 25.7. The predicted octanol–water partition coefficient (Wildman–Crippen LogP) is 4.01. The standard InChI is InChI=1S/C28H45NO5/c1-16(26(33)34-5)29-24(25(31)32)15-18-10-12-27(3)19(14-18)6-7-20-22-9-8-21(17(2)30)28(22,4)13-11-23(20)27/h16,18-24,29H,6-15H2,1-5H3,(H,31,32)/p+1/t16-,18-,19-,20-,21+,22-,23-,24?,27-,28+/m0/s1. The Hall–Kier alpha value is -1.43. The van der Waals surface area contributed by atoms with Gasteiger partial charge >= 0.3 is 11.9 Å². The number of Topliss-reactive ketones (excluding diaryl/α,β-unsaturated/α-hetero) is 1. The smallest absolute Gasteiger partial charge is 0.533 e. The molecule has 0 bridgehead atoms. The number of ether oxygens (including phenoxy) is 1. The second kappa shape index (κ2) is 9.55. The summed E-state index contributed by atoms with van der Waals surface area (Å²) in [6.45, 7) is 8.45. The van der Waals surface area contributed by atoms with Crippen molar-refractivity contribution in [2.75, 3.05) is 7.11 Å². The van der Waals surface area contributed by atoms with E-state index < -0.39 is 24.0 Å². The van der Waals surface area contributed by atoms with Crippen LogP contribution in [0.15, 0.2) is 0 Å². The van der Waals surface area contributed by atoms with Crippen LogP contribution in [0.3, 0.4) is 0 Å². The number of nitrogens with one attached hydrogen (secondary N) is 1. The lowest BCUT2D eigenvalue weighted by Crippen LogP contribution is -2.54. The molecule has 0 spiro atoms. The maximum atomic E-state index is 12.4. The number of hydrogen-bond acceptors (Lipinski definition) is 5. The summed E-state index contributed by atoms with van der Waals surface area (Å²) in [7, 11) is 1.34. The zero-order valence-corrected chi connectivity index (χ0v) is 21.8. The highest BCUT2D eigenvalue weighted by Crippen LogP contribution is 2.67. The number of methoxy groups -OCH3 is 1. The summed E-state index contributed by atoms with van der Waals surface area (Å²) in [5.41, 5.74) is 0.555. The fourth-order valence-corrected chi connectivity index (χ4v) is 9.36. The van der Waals surface area contributed by atoms with Crippen molar-refractivity contribution in [3.05, 3.63) is 0 Å². The van der Waals surface area contributed by atoms with Crippen LogP contribution in [-0.2, 0) is 19.1 Å². The molecule has 0 aromatic rings. The molecule has 1 unspecified atom stereocenters. The average molecular weight is 477 g/mol. The molecule has 0 aromatic carbocycles. The van der Waals surface area contributed by atoms with Crippen LogP contribution in [0.2, 0.25) is 0 Å². The van der Waals surface area contributed by atoms with Crippen molar-refractivity contribution in [1.82, 2.24) is 5.32 Å². The SMILES string of the molecule is COC(=O)[C@H](C)NC(C[C@H]1CC[C@@]2(C)[C@@H](CC[C@@H]3[C@@H]2CC[C@]2(C)[C@@H](C(C)=O)CC[C@@H]32)C1)C(=O)[OH2+]. The monoisotopic (exact) mass is 476 g/mol. The van der Waals surface area contributed by atoms with E-state index in [4.69, 9.17) is 9.84 Å². The van der Waals surface area contributed by atoms with E-state index in [1.807, 2.05) is 0 Å². The van der Waals surface area contributed by atoms with Crippen molar-refractivity contribution >= 4 is 17.7 Å². The summed E-state index contributed by atoms with van der Waals surface area (Å²) in [5.74, 6) is 2.91. The zero-order chi connectivity index (χ0) is 24.8. The zero-order valence-electron chi connectivity index (χ0n) is 21.8. The van der Waals surface area contributed by atoms with Crippen molar-refractivity contribution in [2.45, 2.75) is 104 Å². The summed E-state index contributed by atoms with van der Waals surface area (Å²) in [5, 5.41) is 10.8. The van der Waals surface area contributed by atoms with Crippen molar-refractivity contribution in [3.63, 3.8) is 0 Å². The Labute approximate surface area is 205 Å². The fourth-order valence-electron chi connectivity index (χ4n) is 9.36. The Balaban J connectivity index is 1.42. The molecule has 192 valence electrons. The van der Waals surface area contributed by atoms with E-state index in [-0.39, 0.29) is 11.3 Å². The van der Waals surface area contributed by atoms with Gasteiger partial charge in [-0.3, -0.25) is 14.9 Å². The molecular weight excluding hydrogens is 430 g/mol. The average Bonchev–Trinajstić information content (AvgIpc) is 3.15. The quantitative estimate of drug-likeness (QED) is 0.442. The van der Waals surface area contributed by atoms with Gasteiger partial charge in [0.2, 0.25) is 0 Å². The van der Waals surface area contributed by atoms with E-state index in [1.54, 1.807) is 13.8 Å². The number of carbonyl (C=O) groups is 3. The molecule has 4 aliphatic carbocycles. The lowest BCUT2D eigenvalue weighted by molar-refractivity contribution is -0.145. The van der Waals surface area contributed by atoms with E-state index in [2.05, 4.69) is 19.2 Å². The molecule has 6 heteroatoms. The molecule has 34 heavy (non-hydrogen) atoms. The largest absolute Gasteiger partial charge is 0.564 e. The van der Waals surface area contributed by atoms with Crippen LogP contribution in [0.25, 0.3) is 0 Å². The van der Waals surface area contributed by atoms with E-state index in [9.17, 15) is 14.4 Å². The molecule has 3 N–H and O–H groups in total. The van der Waals surface area contributed by atoms with Gasteiger partial charge in [0.05, 0.1) is 7.11 Å². The number of ketones is 1. The van der Waals surface area contributed by atoms with Crippen molar-refractivity contribution in [1.29, 1.82) is 0 Å². The van der Waals surface area contributed by atoms with Gasteiger partial charge in [0, 0.05) is 10.7 Å². The van der Waals surface area contributed by atoms with E-state index >= 15 is 0 Å². The Bertz CT molecular complexity index is 813. The molecule has 4 saturated carbocycles. The number of hydrogen-bond donors (Lipinski definition) is 1. The Kier molecular flexibility index (Phi) is 7.21. The van der Waals surface area contributed by atoms with Crippen LogP contribution >= 0.6 is 0 Å². The molecule has 0 aromatic heterocycles. The molecule has 4 fully saturated rings. The lowest BCUT2D eigenvalue weighted by Gasteiger charge is -2.61. The maximum absolute atomic E-state index is 12.4. The van der Waals surface area contributed by atoms with Gasteiger partial charge in [0.15, 0.2) is 6.04 Å². The van der Waals surface area contributed by atoms with Crippen molar-refractivity contribution in [3.8, 4) is 0 Å². The van der Waals surface area contributed by atoms with Gasteiger partial charge in [-0.05, 0) is 118 Å². The summed E-state index contributed by atoms with van der Waals surface area (Å²) < 4.78 is 4.78. The topological polar surface area (TPSA) is 95.4 Å². The summed E-state index contributed by atoms with van der Waals surface area (Å²) >= 11 is 0. The lowest BCUT2D eigenvalue weighted by atomic mass is 9.44. The Morgan fingerprint density at radius 3 is 2.32 bits per heavy atom. The number of carbonyl (C=O) groups excluding carboxylic acids is 3. The van der Waals surface area contributed by atoms with Crippen LogP contribution < -0.4 is 5.32 Å². The van der Waals surface area contributed by atoms with Gasteiger partial charge in [-0.25, -0.2) is 0 Å². The molecule has 0 radical (unpaired) electrons. The fraction of sp³-hybridized carbons (Fsp3) is 0.893. The normalized spacial score (nSPS) is 43.1. The summed E-state index contributed by atoms with van der Waals surface area (Å²) in [4.78, 5) is 36.2. The van der Waals surface area contributed by atoms with Crippen LogP contribution in [0.5, 0.6) is 0 Å². The van der Waals surface area contributed by atoms with E-state index in [0.717, 1.165) is 31.1 Å². The molecule has 0 amide bonds.